The molecule has 1 aromatic heterocycles. The average molecular weight is 512 g/mol. The van der Waals surface area contributed by atoms with Gasteiger partial charge in [-0.15, -0.1) is 11.3 Å². The van der Waals surface area contributed by atoms with Crippen molar-refractivity contribution in [3.05, 3.63) is 29.8 Å². The van der Waals surface area contributed by atoms with Gasteiger partial charge in [-0.3, -0.25) is 29.5 Å². The predicted octanol–water partition coefficient (Wildman–Crippen LogP) is 3.12. The normalized spacial score (nSPS) is 23.6. The summed E-state index contributed by atoms with van der Waals surface area (Å²) in [6, 6.07) is 7.70. The van der Waals surface area contributed by atoms with Crippen LogP contribution in [-0.4, -0.2) is 84.3 Å². The number of hydrogen-bond acceptors (Lipinski definition) is 6. The predicted molar refractivity (Wildman–Crippen MR) is 139 cm³/mol. The van der Waals surface area contributed by atoms with E-state index in [0.717, 1.165) is 42.3 Å². The van der Waals surface area contributed by atoms with Gasteiger partial charge in [0.25, 0.3) is 5.91 Å². The van der Waals surface area contributed by atoms with Crippen LogP contribution < -0.4 is 10.6 Å². The van der Waals surface area contributed by atoms with E-state index in [1.807, 2.05) is 36.1 Å². The van der Waals surface area contributed by atoms with Crippen molar-refractivity contribution >= 4 is 50.2 Å². The maximum atomic E-state index is 13.7. The van der Waals surface area contributed by atoms with Crippen LogP contribution in [0.2, 0.25) is 0 Å². The van der Waals surface area contributed by atoms with E-state index in [1.54, 1.807) is 7.05 Å². The molecule has 3 fully saturated rings. The van der Waals surface area contributed by atoms with E-state index < -0.39 is 5.41 Å². The minimum atomic E-state index is -0.577. The Balaban J connectivity index is 1.28. The maximum absolute atomic E-state index is 13.7. The van der Waals surface area contributed by atoms with E-state index in [2.05, 4.69) is 15.5 Å². The molecule has 1 spiro atoms. The summed E-state index contributed by atoms with van der Waals surface area (Å²) < 4.78 is 0.960. The maximum Gasteiger partial charge on any atom is 0.319 e. The number of rotatable bonds is 4. The van der Waals surface area contributed by atoms with E-state index in [4.69, 9.17) is 0 Å². The van der Waals surface area contributed by atoms with Gasteiger partial charge in [0, 0.05) is 55.8 Å². The highest BCUT2D eigenvalue weighted by Crippen LogP contribution is 2.42. The molecule has 192 valence electrons. The van der Waals surface area contributed by atoms with Gasteiger partial charge < -0.3 is 10.2 Å². The molecular weight excluding hydrogens is 478 g/mol. The molecule has 5 amide bonds. The van der Waals surface area contributed by atoms with Gasteiger partial charge in [0.05, 0.1) is 11.0 Å². The number of anilines is 1. The van der Waals surface area contributed by atoms with Crippen LogP contribution >= 0.6 is 11.3 Å². The van der Waals surface area contributed by atoms with Crippen molar-refractivity contribution in [3.8, 4) is 0 Å². The number of imide groups is 1. The zero-order valence-corrected chi connectivity index (χ0v) is 21.7. The standard InChI is InChI=1S/C26H33N5O4S/c1-3-27-25(35)28-22-21(18-7-4-5-8-19(18)36-22)23(33)30-13-9-17(10-14-30)31-12-6-11-26(16-31)15-20(32)29(2)24(26)34/h4-5,7-8,17H,3,6,9-16H2,1-2H3,(H2,27,28,35). The highest BCUT2D eigenvalue weighted by molar-refractivity contribution is 7.23. The highest BCUT2D eigenvalue weighted by Gasteiger charge is 2.52. The number of piperidine rings is 2. The number of nitrogens with zero attached hydrogens (tertiary/aromatic N) is 3. The van der Waals surface area contributed by atoms with Gasteiger partial charge in [0.15, 0.2) is 0 Å². The third-order valence-corrected chi connectivity index (χ3v) is 8.96. The number of hydrogen-bond donors (Lipinski definition) is 2. The van der Waals surface area contributed by atoms with E-state index in [-0.39, 0.29) is 29.8 Å². The lowest BCUT2D eigenvalue weighted by Crippen LogP contribution is -2.54. The molecule has 3 aliphatic rings. The zero-order valence-electron chi connectivity index (χ0n) is 20.8. The molecule has 10 heteroatoms. The smallest absolute Gasteiger partial charge is 0.319 e. The molecule has 3 saturated heterocycles. The molecule has 0 radical (unpaired) electrons. The van der Waals surface area contributed by atoms with Gasteiger partial charge in [-0.25, -0.2) is 4.79 Å². The molecule has 1 unspecified atom stereocenters. The van der Waals surface area contributed by atoms with Crippen molar-refractivity contribution in [2.45, 2.75) is 45.1 Å². The van der Waals surface area contributed by atoms with Gasteiger partial charge in [-0.2, -0.15) is 0 Å². The molecule has 3 aliphatic heterocycles. The van der Waals surface area contributed by atoms with Crippen molar-refractivity contribution < 1.29 is 19.2 Å². The Morgan fingerprint density at radius 3 is 2.58 bits per heavy atom. The van der Waals surface area contributed by atoms with Crippen molar-refractivity contribution in [1.29, 1.82) is 0 Å². The van der Waals surface area contributed by atoms with Crippen LogP contribution in [0.1, 0.15) is 49.4 Å². The topological polar surface area (TPSA) is 102 Å². The highest BCUT2D eigenvalue weighted by atomic mass is 32.1. The fraction of sp³-hybridized carbons (Fsp3) is 0.538. The van der Waals surface area contributed by atoms with E-state index >= 15 is 0 Å². The Morgan fingerprint density at radius 2 is 1.89 bits per heavy atom. The number of amides is 5. The summed E-state index contributed by atoms with van der Waals surface area (Å²) in [4.78, 5) is 56.5. The Kier molecular flexibility index (Phi) is 6.74. The van der Waals surface area contributed by atoms with E-state index in [0.29, 0.717) is 43.2 Å². The molecule has 0 aliphatic carbocycles. The first-order chi connectivity index (χ1) is 17.3. The quantitative estimate of drug-likeness (QED) is 0.614. The lowest BCUT2D eigenvalue weighted by molar-refractivity contribution is -0.141. The fourth-order valence-electron chi connectivity index (χ4n) is 6.00. The second-order valence-corrected chi connectivity index (χ2v) is 11.2. The Bertz CT molecular complexity index is 1200. The van der Waals surface area contributed by atoms with Crippen LogP contribution in [0.25, 0.3) is 10.1 Å². The molecule has 1 atom stereocenters. The van der Waals surface area contributed by atoms with Crippen LogP contribution in [0, 0.1) is 5.41 Å². The molecule has 2 aromatic rings. The number of carbonyl (C=O) groups excluding carboxylic acids is 4. The summed E-state index contributed by atoms with van der Waals surface area (Å²) in [5.74, 6) is -0.186. The lowest BCUT2D eigenvalue weighted by atomic mass is 9.77. The summed E-state index contributed by atoms with van der Waals surface area (Å²) in [6.45, 7) is 5.12. The lowest BCUT2D eigenvalue weighted by Gasteiger charge is -2.45. The number of fused-ring (bicyclic) bond motifs is 1. The van der Waals surface area contributed by atoms with Crippen LogP contribution in [0.3, 0.4) is 0 Å². The third kappa shape index (κ3) is 4.37. The second-order valence-electron chi connectivity index (χ2n) is 10.1. The van der Waals surface area contributed by atoms with Gasteiger partial charge in [0.2, 0.25) is 11.8 Å². The van der Waals surface area contributed by atoms with E-state index in [9.17, 15) is 19.2 Å². The minimum absolute atomic E-state index is 0.0405. The van der Waals surface area contributed by atoms with Crippen LogP contribution in [0.15, 0.2) is 24.3 Å². The summed E-state index contributed by atoms with van der Waals surface area (Å²) in [7, 11) is 1.59. The number of likely N-dealkylation sites (tertiary alicyclic amines) is 3. The number of urea groups is 1. The number of thiophene rings is 1. The third-order valence-electron chi connectivity index (χ3n) is 7.87. The first kappa shape index (κ1) is 24.7. The van der Waals surface area contributed by atoms with Gasteiger partial charge >= 0.3 is 6.03 Å². The minimum Gasteiger partial charge on any atom is -0.338 e. The Morgan fingerprint density at radius 1 is 1.14 bits per heavy atom. The van der Waals surface area contributed by atoms with E-state index in [1.165, 1.54) is 16.2 Å². The van der Waals surface area contributed by atoms with Crippen LogP contribution in [0.5, 0.6) is 0 Å². The first-order valence-corrected chi connectivity index (χ1v) is 13.6. The number of nitrogens with one attached hydrogen (secondary N) is 2. The Hall–Kier alpha value is -2.98. The average Bonchev–Trinajstić information content (AvgIpc) is 3.33. The largest absolute Gasteiger partial charge is 0.338 e. The molecule has 0 saturated carbocycles. The summed E-state index contributed by atoms with van der Waals surface area (Å²) in [5.41, 5.74) is -0.0259. The molecule has 2 N–H and O–H groups in total. The number of benzene rings is 1. The molecule has 1 aromatic carbocycles. The van der Waals surface area contributed by atoms with Gasteiger partial charge in [-0.05, 0) is 45.2 Å². The van der Waals surface area contributed by atoms with Crippen molar-refractivity contribution in [1.82, 2.24) is 20.0 Å². The monoisotopic (exact) mass is 511 g/mol. The summed E-state index contributed by atoms with van der Waals surface area (Å²) in [6.07, 6.45) is 3.62. The van der Waals surface area contributed by atoms with Gasteiger partial charge in [-0.1, -0.05) is 18.2 Å². The molecule has 5 rings (SSSR count). The zero-order chi connectivity index (χ0) is 25.4. The fourth-order valence-corrected chi connectivity index (χ4v) is 7.09. The molecular formula is C26H33N5O4S. The van der Waals surface area contributed by atoms with Crippen molar-refractivity contribution in [3.63, 3.8) is 0 Å². The molecule has 9 nitrogen and oxygen atoms in total. The van der Waals surface area contributed by atoms with Gasteiger partial charge in [0.1, 0.15) is 5.00 Å². The van der Waals surface area contributed by atoms with Crippen LogP contribution in [-0.2, 0) is 9.59 Å². The number of carbonyl (C=O) groups is 4. The Labute approximate surface area is 214 Å². The second kappa shape index (κ2) is 9.82. The molecule has 4 heterocycles. The molecule has 36 heavy (non-hydrogen) atoms. The summed E-state index contributed by atoms with van der Waals surface area (Å²) in [5, 5.41) is 7.03. The molecule has 0 bridgehead atoms. The van der Waals surface area contributed by atoms with Crippen molar-refractivity contribution in [2.24, 2.45) is 5.41 Å². The first-order valence-electron chi connectivity index (χ1n) is 12.7. The van der Waals surface area contributed by atoms with Crippen molar-refractivity contribution in [2.75, 3.05) is 45.1 Å². The summed E-state index contributed by atoms with van der Waals surface area (Å²) >= 11 is 1.41. The SMILES string of the molecule is CCNC(=O)Nc1sc2ccccc2c1C(=O)N1CCC(N2CCCC3(CC(=O)N(C)C3=O)C2)CC1. The van der Waals surface area contributed by atoms with Crippen LogP contribution in [0.4, 0.5) is 9.80 Å².